The Hall–Kier alpha value is -2.70. The fraction of sp³-hybridized carbons (Fsp3) is 0.231. The largest absolute Gasteiger partial charge is 0.466 e. The number of esters is 1. The van der Waals surface area contributed by atoms with Gasteiger partial charge >= 0.3 is 5.97 Å². The molecule has 1 aromatic rings. The zero-order valence-electron chi connectivity index (χ0n) is 11.0. The van der Waals surface area contributed by atoms with Crippen LogP contribution in [0.3, 0.4) is 0 Å². The fourth-order valence-electron chi connectivity index (χ4n) is 2.08. The number of carbonyl (C=O) groups is 2. The van der Waals surface area contributed by atoms with E-state index in [1.165, 1.54) is 36.3 Å². The number of carbonyl (C=O) groups excluding carboxylic acids is 2. The van der Waals surface area contributed by atoms with Gasteiger partial charge in [0.1, 0.15) is 0 Å². The van der Waals surface area contributed by atoms with Crippen LogP contribution in [0.25, 0.3) is 0 Å². The van der Waals surface area contributed by atoms with Crippen molar-refractivity contribution in [2.75, 3.05) is 12.0 Å². The molecule has 0 aromatic heterocycles. The maximum absolute atomic E-state index is 12.0. The van der Waals surface area contributed by atoms with Crippen LogP contribution in [0.1, 0.15) is 13.3 Å². The van der Waals surface area contributed by atoms with Crippen molar-refractivity contribution in [3.63, 3.8) is 0 Å². The average molecular weight is 276 g/mol. The highest BCUT2D eigenvalue weighted by Gasteiger charge is 2.32. The van der Waals surface area contributed by atoms with Gasteiger partial charge in [-0.15, -0.1) is 0 Å². The van der Waals surface area contributed by atoms with Crippen LogP contribution in [0.5, 0.6) is 0 Å². The van der Waals surface area contributed by atoms with Crippen LogP contribution >= 0.6 is 0 Å². The number of hydrogen-bond acceptors (Lipinski definition) is 5. The van der Waals surface area contributed by atoms with Gasteiger partial charge in [-0.3, -0.25) is 19.8 Å². The molecule has 0 unspecified atom stereocenters. The minimum atomic E-state index is -0.541. The molecule has 0 saturated carbocycles. The zero-order chi connectivity index (χ0) is 14.9. The lowest BCUT2D eigenvalue weighted by molar-refractivity contribution is -0.384. The number of amides is 1. The number of rotatable bonds is 3. The number of allylic oxidation sites excluding steroid dienone is 1. The van der Waals surface area contributed by atoms with Crippen molar-refractivity contribution in [3.05, 3.63) is 45.6 Å². The van der Waals surface area contributed by atoms with Gasteiger partial charge in [-0.2, -0.15) is 0 Å². The molecule has 7 nitrogen and oxygen atoms in total. The van der Waals surface area contributed by atoms with E-state index in [0.29, 0.717) is 17.0 Å². The van der Waals surface area contributed by atoms with E-state index in [9.17, 15) is 19.7 Å². The van der Waals surface area contributed by atoms with Crippen LogP contribution in [-0.2, 0) is 14.3 Å². The Kier molecular flexibility index (Phi) is 3.51. The van der Waals surface area contributed by atoms with E-state index < -0.39 is 10.9 Å². The summed E-state index contributed by atoms with van der Waals surface area (Å²) in [5.74, 6) is -0.808. The van der Waals surface area contributed by atoms with Crippen LogP contribution in [0.15, 0.2) is 35.5 Å². The molecule has 0 saturated heterocycles. The third-order valence-corrected chi connectivity index (χ3v) is 3.10. The van der Waals surface area contributed by atoms with Crippen molar-refractivity contribution in [1.29, 1.82) is 0 Å². The molecule has 0 radical (unpaired) electrons. The molecule has 1 heterocycles. The van der Waals surface area contributed by atoms with E-state index in [1.807, 2.05) is 0 Å². The monoisotopic (exact) mass is 276 g/mol. The summed E-state index contributed by atoms with van der Waals surface area (Å²) in [4.78, 5) is 35.0. The van der Waals surface area contributed by atoms with E-state index in [1.54, 1.807) is 6.92 Å². The van der Waals surface area contributed by atoms with Gasteiger partial charge in [-0.1, -0.05) is 0 Å². The van der Waals surface area contributed by atoms with Crippen LogP contribution < -0.4 is 4.90 Å². The van der Waals surface area contributed by atoms with Crippen LogP contribution in [0.4, 0.5) is 11.4 Å². The number of methoxy groups -OCH3 is 1. The molecule has 0 aliphatic carbocycles. The second-order valence-electron chi connectivity index (χ2n) is 4.23. The summed E-state index contributed by atoms with van der Waals surface area (Å²) in [6, 6.07) is 5.57. The van der Waals surface area contributed by atoms with E-state index in [2.05, 4.69) is 4.74 Å². The highest BCUT2D eigenvalue weighted by atomic mass is 16.6. The van der Waals surface area contributed by atoms with Crippen molar-refractivity contribution < 1.29 is 19.2 Å². The maximum Gasteiger partial charge on any atom is 0.336 e. The fourth-order valence-corrected chi connectivity index (χ4v) is 2.08. The molecule has 0 N–H and O–H groups in total. The van der Waals surface area contributed by atoms with Crippen molar-refractivity contribution in [2.45, 2.75) is 13.3 Å². The number of nitrogens with zero attached hydrogens (tertiary/aromatic N) is 2. The molecule has 0 spiro atoms. The lowest BCUT2D eigenvalue weighted by Gasteiger charge is -2.17. The number of hydrogen-bond donors (Lipinski definition) is 0. The second-order valence-corrected chi connectivity index (χ2v) is 4.23. The molecule has 1 aromatic carbocycles. The first-order valence-corrected chi connectivity index (χ1v) is 5.81. The molecule has 20 heavy (non-hydrogen) atoms. The van der Waals surface area contributed by atoms with Gasteiger partial charge < -0.3 is 4.74 Å². The van der Waals surface area contributed by atoms with E-state index >= 15 is 0 Å². The van der Waals surface area contributed by atoms with Gasteiger partial charge in [0.15, 0.2) is 0 Å². The molecule has 0 fully saturated rings. The van der Waals surface area contributed by atoms with Crippen LogP contribution in [0, 0.1) is 10.1 Å². The Bertz CT molecular complexity index is 618. The van der Waals surface area contributed by atoms with Gasteiger partial charge in [0.05, 0.1) is 24.0 Å². The molecular weight excluding hydrogens is 264 g/mol. The second kappa shape index (κ2) is 5.12. The highest BCUT2D eigenvalue weighted by molar-refractivity contribution is 6.09. The summed E-state index contributed by atoms with van der Waals surface area (Å²) in [5, 5.41) is 10.6. The van der Waals surface area contributed by atoms with Crippen LogP contribution in [0.2, 0.25) is 0 Å². The van der Waals surface area contributed by atoms with Gasteiger partial charge in [0.25, 0.3) is 5.69 Å². The quantitative estimate of drug-likeness (QED) is 0.477. The SMILES string of the molecule is COC(=O)C1=C(C)N(c2ccc([N+](=O)[O-])cc2)C(=O)C1. The molecular formula is C13H12N2O5. The van der Waals surface area contributed by atoms with Crippen LogP contribution in [-0.4, -0.2) is 23.9 Å². The topological polar surface area (TPSA) is 89.8 Å². The Morgan fingerprint density at radius 2 is 1.95 bits per heavy atom. The number of anilines is 1. The van der Waals surface area contributed by atoms with Gasteiger partial charge in [-0.25, -0.2) is 4.79 Å². The summed E-state index contributed by atoms with van der Waals surface area (Å²) in [7, 11) is 1.25. The molecule has 0 atom stereocenters. The molecule has 1 aliphatic rings. The molecule has 2 rings (SSSR count). The molecule has 104 valence electrons. The lowest BCUT2D eigenvalue weighted by Crippen LogP contribution is -2.23. The number of ether oxygens (including phenoxy) is 1. The first-order chi connectivity index (χ1) is 9.45. The molecule has 1 aliphatic heterocycles. The molecule has 0 bridgehead atoms. The zero-order valence-corrected chi connectivity index (χ0v) is 11.0. The summed E-state index contributed by atoms with van der Waals surface area (Å²) < 4.78 is 4.62. The average Bonchev–Trinajstić information content (AvgIpc) is 2.73. The predicted molar refractivity (Wildman–Crippen MR) is 69.9 cm³/mol. The Balaban J connectivity index is 2.37. The van der Waals surface area contributed by atoms with E-state index in [0.717, 1.165) is 0 Å². The summed E-state index contributed by atoms with van der Waals surface area (Å²) in [6.45, 7) is 1.64. The van der Waals surface area contributed by atoms with Gasteiger partial charge in [-0.05, 0) is 19.1 Å². The van der Waals surface area contributed by atoms with Gasteiger partial charge in [0, 0.05) is 23.5 Å². The van der Waals surface area contributed by atoms with Crippen molar-refractivity contribution >= 4 is 23.3 Å². The van der Waals surface area contributed by atoms with Crippen molar-refractivity contribution in [3.8, 4) is 0 Å². The first-order valence-electron chi connectivity index (χ1n) is 5.81. The number of nitro groups is 1. The van der Waals surface area contributed by atoms with E-state index in [4.69, 9.17) is 0 Å². The van der Waals surface area contributed by atoms with Crippen molar-refractivity contribution in [1.82, 2.24) is 0 Å². The summed E-state index contributed by atoms with van der Waals surface area (Å²) in [5.41, 5.74) is 1.21. The van der Waals surface area contributed by atoms with Crippen molar-refractivity contribution in [2.24, 2.45) is 0 Å². The number of benzene rings is 1. The summed E-state index contributed by atoms with van der Waals surface area (Å²) >= 11 is 0. The minimum absolute atomic E-state index is 0.0322. The lowest BCUT2D eigenvalue weighted by atomic mass is 10.2. The van der Waals surface area contributed by atoms with Gasteiger partial charge in [0.2, 0.25) is 5.91 Å². The standard InChI is InChI=1S/C13H12N2O5/c1-8-11(13(17)20-2)7-12(16)14(8)9-3-5-10(6-4-9)15(18)19/h3-6H,7H2,1-2H3. The number of non-ortho nitro benzene ring substituents is 1. The third-order valence-electron chi connectivity index (χ3n) is 3.10. The Morgan fingerprint density at radius 1 is 1.35 bits per heavy atom. The molecule has 1 amide bonds. The Labute approximate surface area is 114 Å². The highest BCUT2D eigenvalue weighted by Crippen LogP contribution is 2.31. The predicted octanol–water partition coefficient (Wildman–Crippen LogP) is 1.78. The maximum atomic E-state index is 12.0. The Morgan fingerprint density at radius 3 is 2.45 bits per heavy atom. The first kappa shape index (κ1) is 13.7. The van der Waals surface area contributed by atoms with E-state index in [-0.39, 0.29) is 18.0 Å². The minimum Gasteiger partial charge on any atom is -0.466 e. The molecule has 7 heteroatoms. The third kappa shape index (κ3) is 2.25. The normalized spacial score (nSPS) is 14.7. The number of nitro benzene ring substituents is 1. The smallest absolute Gasteiger partial charge is 0.336 e. The summed E-state index contributed by atoms with van der Waals surface area (Å²) in [6.07, 6.45) is -0.0322.